The van der Waals surface area contributed by atoms with E-state index in [0.29, 0.717) is 32.9 Å². The van der Waals surface area contributed by atoms with E-state index in [2.05, 4.69) is 5.32 Å². The highest BCUT2D eigenvalue weighted by Crippen LogP contribution is 2.24. The molecule has 6 nitrogen and oxygen atoms in total. The normalized spacial score (nSPS) is 11.1. The second kappa shape index (κ2) is 10.3. The van der Waals surface area contributed by atoms with E-state index >= 15 is 0 Å². The van der Waals surface area contributed by atoms with Gasteiger partial charge in [-0.3, -0.25) is 19.0 Å². The van der Waals surface area contributed by atoms with Gasteiger partial charge in [-0.15, -0.1) is 0 Å². The minimum Gasteiger partial charge on any atom is -0.350 e. The molecule has 1 amide bonds. The molecule has 0 aliphatic carbocycles. The first kappa shape index (κ1) is 24.4. The summed E-state index contributed by atoms with van der Waals surface area (Å²) in [7, 11) is 0. The van der Waals surface area contributed by atoms with Gasteiger partial charge < -0.3 is 5.32 Å². The molecule has 0 bridgehead atoms. The summed E-state index contributed by atoms with van der Waals surface area (Å²) in [4.78, 5) is 43.7. The Bertz CT molecular complexity index is 1460. The molecule has 7 heteroatoms. The Morgan fingerprint density at radius 1 is 0.943 bits per heavy atom. The van der Waals surface area contributed by atoms with Crippen molar-refractivity contribution in [1.29, 1.82) is 0 Å². The van der Waals surface area contributed by atoms with Crippen LogP contribution in [0.15, 0.2) is 76.7 Å². The molecule has 0 fully saturated rings. The molecule has 3 aromatic carbocycles. The monoisotopic (exact) mass is 485 g/mol. The fourth-order valence-electron chi connectivity index (χ4n) is 3.89. The number of hydrogen-bond acceptors (Lipinski definition) is 5. The van der Waals surface area contributed by atoms with Gasteiger partial charge in [0.15, 0.2) is 10.9 Å². The summed E-state index contributed by atoms with van der Waals surface area (Å²) in [5.74, 6) is -0.155. The first-order valence-electron chi connectivity index (χ1n) is 11.4. The average Bonchev–Trinajstić information content (AvgIpc) is 2.81. The molecule has 0 aliphatic rings. The third kappa shape index (κ3) is 5.52. The van der Waals surface area contributed by atoms with E-state index in [1.165, 1.54) is 11.8 Å². The summed E-state index contributed by atoms with van der Waals surface area (Å²) in [5, 5.41) is 3.67. The Morgan fingerprint density at radius 2 is 1.63 bits per heavy atom. The molecule has 178 valence electrons. The maximum absolute atomic E-state index is 13.7. The smallest absolute Gasteiger partial charge is 0.266 e. The second-order valence-electron chi connectivity index (χ2n) is 8.82. The average molecular weight is 486 g/mol. The molecule has 1 N–H and O–H groups in total. The lowest BCUT2D eigenvalue weighted by Gasteiger charge is -2.15. The first-order valence-corrected chi connectivity index (χ1v) is 12.4. The van der Waals surface area contributed by atoms with Crippen molar-refractivity contribution in [3.8, 4) is 5.69 Å². The molecule has 0 atom stereocenters. The Morgan fingerprint density at radius 3 is 2.29 bits per heavy atom. The predicted molar refractivity (Wildman–Crippen MR) is 141 cm³/mol. The number of Topliss-reactive ketones (excluding diaryl/α,β-unsaturated/α-hetero) is 1. The maximum atomic E-state index is 13.7. The molecular formula is C28H27N3O3S. The van der Waals surface area contributed by atoms with Crippen molar-refractivity contribution in [2.75, 3.05) is 5.75 Å². The molecule has 0 saturated carbocycles. The lowest BCUT2D eigenvalue weighted by Crippen LogP contribution is -2.30. The fourth-order valence-corrected chi connectivity index (χ4v) is 4.80. The lowest BCUT2D eigenvalue weighted by atomic mass is 10.1. The van der Waals surface area contributed by atoms with E-state index in [9.17, 15) is 14.4 Å². The number of ketones is 1. The van der Waals surface area contributed by atoms with Crippen molar-refractivity contribution in [3.63, 3.8) is 0 Å². The number of nitrogens with one attached hydrogen (secondary N) is 1. The zero-order valence-electron chi connectivity index (χ0n) is 20.2. The largest absolute Gasteiger partial charge is 0.350 e. The molecule has 0 aliphatic heterocycles. The van der Waals surface area contributed by atoms with Crippen LogP contribution in [0.3, 0.4) is 0 Å². The Labute approximate surface area is 208 Å². The van der Waals surface area contributed by atoms with E-state index in [-0.39, 0.29) is 29.0 Å². The molecule has 35 heavy (non-hydrogen) atoms. The number of fused-ring (bicyclic) bond motifs is 1. The number of benzene rings is 3. The number of hydrogen-bond donors (Lipinski definition) is 1. The minimum atomic E-state index is -0.245. The van der Waals surface area contributed by atoms with E-state index in [0.717, 1.165) is 11.1 Å². The van der Waals surface area contributed by atoms with Gasteiger partial charge in [-0.05, 0) is 69.2 Å². The van der Waals surface area contributed by atoms with Gasteiger partial charge in [0, 0.05) is 17.2 Å². The number of carbonyl (C=O) groups excluding carboxylic acids is 2. The zero-order valence-corrected chi connectivity index (χ0v) is 21.0. The summed E-state index contributed by atoms with van der Waals surface area (Å²) in [6.45, 7) is 7.72. The molecule has 0 unspecified atom stereocenters. The van der Waals surface area contributed by atoms with E-state index in [1.807, 2.05) is 64.1 Å². The van der Waals surface area contributed by atoms with Crippen molar-refractivity contribution in [1.82, 2.24) is 14.9 Å². The van der Waals surface area contributed by atoms with Gasteiger partial charge in [-0.2, -0.15) is 0 Å². The van der Waals surface area contributed by atoms with Crippen LogP contribution in [0.4, 0.5) is 0 Å². The van der Waals surface area contributed by atoms with Crippen LogP contribution in [0.2, 0.25) is 0 Å². The van der Waals surface area contributed by atoms with Gasteiger partial charge in [-0.1, -0.05) is 48.2 Å². The number of aromatic nitrogens is 2. The summed E-state index contributed by atoms with van der Waals surface area (Å²) < 4.78 is 1.55. The molecule has 1 aromatic heterocycles. The molecule has 0 spiro atoms. The van der Waals surface area contributed by atoms with Gasteiger partial charge >= 0.3 is 0 Å². The van der Waals surface area contributed by atoms with Crippen LogP contribution in [-0.2, 0) is 0 Å². The van der Waals surface area contributed by atoms with Crippen LogP contribution in [0.5, 0.6) is 0 Å². The van der Waals surface area contributed by atoms with Crippen molar-refractivity contribution < 1.29 is 9.59 Å². The van der Waals surface area contributed by atoms with Crippen molar-refractivity contribution in [3.05, 3.63) is 99.3 Å². The topological polar surface area (TPSA) is 81.1 Å². The quantitative estimate of drug-likeness (QED) is 0.223. The number of rotatable bonds is 7. The summed E-state index contributed by atoms with van der Waals surface area (Å²) >= 11 is 1.21. The minimum absolute atomic E-state index is 0.0150. The van der Waals surface area contributed by atoms with Gasteiger partial charge in [0.2, 0.25) is 0 Å². The van der Waals surface area contributed by atoms with Crippen LogP contribution in [0.25, 0.3) is 16.6 Å². The Balaban J connectivity index is 1.83. The van der Waals surface area contributed by atoms with E-state index < -0.39 is 0 Å². The lowest BCUT2D eigenvalue weighted by molar-refractivity contribution is 0.0942. The number of amides is 1. The van der Waals surface area contributed by atoms with Crippen molar-refractivity contribution in [2.24, 2.45) is 0 Å². The Hall–Kier alpha value is -3.71. The van der Waals surface area contributed by atoms with Gasteiger partial charge in [0.25, 0.3) is 11.5 Å². The Kier molecular flexibility index (Phi) is 7.17. The van der Waals surface area contributed by atoms with Crippen LogP contribution >= 0.6 is 11.8 Å². The highest BCUT2D eigenvalue weighted by atomic mass is 32.2. The van der Waals surface area contributed by atoms with Crippen LogP contribution in [0, 0.1) is 13.8 Å². The molecule has 1 heterocycles. The third-order valence-corrected chi connectivity index (χ3v) is 6.35. The fraction of sp³-hybridized carbons (Fsp3) is 0.214. The molecule has 0 radical (unpaired) electrons. The standard InChI is InChI=1S/C28H27N3O3S/c1-17(2)29-26(33)21-10-11-23-24(15-21)30-28(35-16-25(32)20-8-6-5-7-9-20)31(27(23)34)22-13-18(3)12-19(4)14-22/h5-15,17H,16H2,1-4H3,(H,29,33). The third-order valence-electron chi connectivity index (χ3n) is 5.41. The predicted octanol–water partition coefficient (Wildman–Crippen LogP) is 5.12. The number of thioether (sulfide) groups is 1. The van der Waals surface area contributed by atoms with Crippen molar-refractivity contribution >= 4 is 34.4 Å². The highest BCUT2D eigenvalue weighted by molar-refractivity contribution is 7.99. The van der Waals surface area contributed by atoms with Gasteiger partial charge in [-0.25, -0.2) is 4.98 Å². The number of nitrogens with zero attached hydrogens (tertiary/aromatic N) is 2. The number of carbonyl (C=O) groups is 2. The zero-order chi connectivity index (χ0) is 25.1. The van der Waals surface area contributed by atoms with Crippen LogP contribution in [-0.4, -0.2) is 33.0 Å². The number of aryl methyl sites for hydroxylation is 2. The molecule has 4 aromatic rings. The summed E-state index contributed by atoms with van der Waals surface area (Å²) in [6.07, 6.45) is 0. The molecular weight excluding hydrogens is 458 g/mol. The van der Waals surface area contributed by atoms with E-state index in [1.54, 1.807) is 34.9 Å². The SMILES string of the molecule is Cc1cc(C)cc(-n2c(SCC(=O)c3ccccc3)nc3cc(C(=O)NC(C)C)ccc3c2=O)c1. The molecule has 0 saturated heterocycles. The van der Waals surface area contributed by atoms with Crippen LogP contribution < -0.4 is 10.9 Å². The maximum Gasteiger partial charge on any atom is 0.266 e. The molecule has 4 rings (SSSR count). The highest BCUT2D eigenvalue weighted by Gasteiger charge is 2.18. The van der Waals surface area contributed by atoms with Gasteiger partial charge in [0.1, 0.15) is 0 Å². The van der Waals surface area contributed by atoms with E-state index in [4.69, 9.17) is 4.98 Å². The second-order valence-corrected chi connectivity index (χ2v) is 9.76. The van der Waals surface area contributed by atoms with Gasteiger partial charge in [0.05, 0.1) is 22.3 Å². The van der Waals surface area contributed by atoms with Crippen molar-refractivity contribution in [2.45, 2.75) is 38.9 Å². The first-order chi connectivity index (χ1) is 16.7. The summed E-state index contributed by atoms with van der Waals surface area (Å²) in [5.41, 5.74) is 3.94. The summed E-state index contributed by atoms with van der Waals surface area (Å²) in [6, 6.07) is 19.8. The van der Waals surface area contributed by atoms with Crippen LogP contribution in [0.1, 0.15) is 45.7 Å².